The summed E-state index contributed by atoms with van der Waals surface area (Å²) in [5.41, 5.74) is -0.359. The second-order valence-electron chi connectivity index (χ2n) is 3.78. The van der Waals surface area contributed by atoms with Crippen LogP contribution in [-0.4, -0.2) is 21.1 Å². The van der Waals surface area contributed by atoms with Crippen LogP contribution in [0.15, 0.2) is 22.8 Å². The third-order valence-electron chi connectivity index (χ3n) is 2.45. The van der Waals surface area contributed by atoms with Crippen molar-refractivity contribution in [2.75, 3.05) is 0 Å². The van der Waals surface area contributed by atoms with Crippen molar-refractivity contribution in [3.8, 4) is 5.75 Å². The maximum Gasteiger partial charge on any atom is 0.362 e. The summed E-state index contributed by atoms with van der Waals surface area (Å²) >= 11 is 2.83. The lowest BCUT2D eigenvalue weighted by Crippen LogP contribution is -2.12. The Morgan fingerprint density at radius 2 is 2.25 bits per heavy atom. The number of carbonyl (C=O) groups excluding carboxylic acids is 1. The summed E-state index contributed by atoms with van der Waals surface area (Å²) in [7, 11) is 0. The fourth-order valence-corrected chi connectivity index (χ4v) is 1.80. The fraction of sp³-hybridized carbons (Fsp3) is 0.0909. The average Bonchev–Trinajstić information content (AvgIpc) is 2.80. The first-order valence-electron chi connectivity index (χ1n) is 5.26. The number of aromatic amines is 1. The van der Waals surface area contributed by atoms with Gasteiger partial charge in [0.25, 0.3) is 0 Å². The Morgan fingerprint density at radius 1 is 1.55 bits per heavy atom. The summed E-state index contributed by atoms with van der Waals surface area (Å²) in [6.45, 7) is 1.61. The lowest BCUT2D eigenvalue weighted by atomic mass is 10.2. The van der Waals surface area contributed by atoms with Crippen molar-refractivity contribution in [1.82, 2.24) is 10.2 Å². The Labute approximate surface area is 120 Å². The first-order chi connectivity index (χ1) is 9.41. The zero-order valence-corrected chi connectivity index (χ0v) is 11.6. The van der Waals surface area contributed by atoms with Gasteiger partial charge in [-0.15, -0.1) is 0 Å². The number of hydrogen-bond acceptors (Lipinski definition) is 5. The number of esters is 1. The molecule has 0 aliphatic rings. The maximum atomic E-state index is 13.7. The number of rotatable bonds is 3. The molecule has 0 radical (unpaired) electrons. The highest BCUT2D eigenvalue weighted by molar-refractivity contribution is 9.10. The lowest BCUT2D eigenvalue weighted by molar-refractivity contribution is -0.388. The third kappa shape index (κ3) is 2.52. The van der Waals surface area contributed by atoms with Crippen LogP contribution in [0, 0.1) is 22.9 Å². The van der Waals surface area contributed by atoms with Crippen LogP contribution < -0.4 is 4.74 Å². The Bertz CT molecular complexity index is 701. The summed E-state index contributed by atoms with van der Waals surface area (Å²) in [6, 6.07) is 2.35. The topological polar surface area (TPSA) is 98.1 Å². The number of carbonyl (C=O) groups is 1. The van der Waals surface area contributed by atoms with Gasteiger partial charge in [0, 0.05) is 5.56 Å². The number of nitro groups is 1. The molecule has 0 fully saturated rings. The Kier molecular flexibility index (Phi) is 3.79. The van der Waals surface area contributed by atoms with Gasteiger partial charge in [0.2, 0.25) is 11.6 Å². The van der Waals surface area contributed by atoms with E-state index in [1.807, 2.05) is 0 Å². The van der Waals surface area contributed by atoms with E-state index in [9.17, 15) is 19.3 Å². The van der Waals surface area contributed by atoms with Crippen LogP contribution in [0.2, 0.25) is 0 Å². The summed E-state index contributed by atoms with van der Waals surface area (Å²) in [4.78, 5) is 21.7. The summed E-state index contributed by atoms with van der Waals surface area (Å²) < 4.78 is 18.4. The van der Waals surface area contributed by atoms with E-state index in [0.717, 1.165) is 6.07 Å². The zero-order valence-electron chi connectivity index (χ0n) is 10.0. The molecule has 104 valence electrons. The highest BCUT2D eigenvalue weighted by atomic mass is 79.9. The smallest absolute Gasteiger partial charge is 0.362 e. The van der Waals surface area contributed by atoms with Gasteiger partial charge in [-0.05, 0) is 35.0 Å². The quantitative estimate of drug-likeness (QED) is 0.400. The summed E-state index contributed by atoms with van der Waals surface area (Å²) in [5.74, 6) is -2.47. The predicted octanol–water partition coefficient (Wildman–Crippen LogP) is 2.75. The molecule has 0 saturated carbocycles. The average molecular weight is 344 g/mol. The molecule has 1 aromatic heterocycles. The highest BCUT2D eigenvalue weighted by Gasteiger charge is 2.27. The summed E-state index contributed by atoms with van der Waals surface area (Å²) in [6.07, 6.45) is 1.40. The van der Waals surface area contributed by atoms with Gasteiger partial charge in [-0.3, -0.25) is 15.2 Å². The van der Waals surface area contributed by atoms with Crippen LogP contribution in [0.1, 0.15) is 16.1 Å². The van der Waals surface area contributed by atoms with E-state index >= 15 is 0 Å². The molecule has 0 aliphatic carbocycles. The lowest BCUT2D eigenvalue weighted by Gasteiger charge is -2.05. The van der Waals surface area contributed by atoms with Crippen molar-refractivity contribution >= 4 is 27.6 Å². The van der Waals surface area contributed by atoms with Gasteiger partial charge >= 0.3 is 11.7 Å². The number of nitrogens with one attached hydrogen (secondary N) is 1. The van der Waals surface area contributed by atoms with E-state index in [-0.39, 0.29) is 10.2 Å². The molecule has 0 aliphatic heterocycles. The number of ether oxygens (including phenoxy) is 1. The molecule has 9 heteroatoms. The van der Waals surface area contributed by atoms with Crippen molar-refractivity contribution in [1.29, 1.82) is 0 Å². The van der Waals surface area contributed by atoms with Crippen LogP contribution in [0.5, 0.6) is 5.75 Å². The minimum atomic E-state index is -1.11. The largest absolute Gasteiger partial charge is 0.414 e. The van der Waals surface area contributed by atoms with Gasteiger partial charge < -0.3 is 4.74 Å². The highest BCUT2D eigenvalue weighted by Crippen LogP contribution is 2.34. The molecule has 0 saturated heterocycles. The Balaban J connectivity index is 2.40. The monoisotopic (exact) mass is 343 g/mol. The normalized spacial score (nSPS) is 10.3. The van der Waals surface area contributed by atoms with Gasteiger partial charge in [-0.1, -0.05) is 0 Å². The molecular formula is C11H7BrFN3O4. The van der Waals surface area contributed by atoms with Crippen molar-refractivity contribution in [3.05, 3.63) is 50.0 Å². The molecule has 0 unspecified atom stereocenters. The van der Waals surface area contributed by atoms with E-state index in [1.165, 1.54) is 12.3 Å². The molecule has 0 atom stereocenters. The second kappa shape index (κ2) is 5.37. The molecule has 20 heavy (non-hydrogen) atoms. The van der Waals surface area contributed by atoms with Gasteiger partial charge in [0.15, 0.2) is 0 Å². The SMILES string of the molecule is Cc1cn[nH]c1C(=O)Oc1ccc(Br)c(F)c1[N+](=O)[O-]. The molecule has 0 spiro atoms. The molecule has 2 rings (SSSR count). The predicted molar refractivity (Wildman–Crippen MR) is 69.0 cm³/mol. The number of aromatic nitrogens is 2. The van der Waals surface area contributed by atoms with Gasteiger partial charge in [-0.25, -0.2) is 4.79 Å². The number of aryl methyl sites for hydroxylation is 1. The van der Waals surface area contributed by atoms with E-state index < -0.39 is 28.1 Å². The molecule has 2 aromatic rings. The van der Waals surface area contributed by atoms with Gasteiger partial charge in [-0.2, -0.15) is 9.49 Å². The van der Waals surface area contributed by atoms with Gasteiger partial charge in [0.1, 0.15) is 5.69 Å². The zero-order chi connectivity index (χ0) is 14.9. The maximum absolute atomic E-state index is 13.7. The number of nitro benzene ring substituents is 1. The molecule has 0 amide bonds. The molecule has 0 bridgehead atoms. The van der Waals surface area contributed by atoms with Crippen LogP contribution in [0.3, 0.4) is 0 Å². The van der Waals surface area contributed by atoms with E-state index in [4.69, 9.17) is 4.74 Å². The molecule has 1 heterocycles. The van der Waals surface area contributed by atoms with E-state index in [1.54, 1.807) is 6.92 Å². The van der Waals surface area contributed by atoms with Crippen molar-refractivity contribution in [2.45, 2.75) is 6.92 Å². The van der Waals surface area contributed by atoms with Crippen molar-refractivity contribution < 1.29 is 18.8 Å². The van der Waals surface area contributed by atoms with Crippen LogP contribution in [0.25, 0.3) is 0 Å². The van der Waals surface area contributed by atoms with E-state index in [0.29, 0.717) is 5.56 Å². The van der Waals surface area contributed by atoms with Gasteiger partial charge in [0.05, 0.1) is 15.6 Å². The Morgan fingerprint density at radius 3 is 2.80 bits per heavy atom. The van der Waals surface area contributed by atoms with Crippen LogP contribution >= 0.6 is 15.9 Å². The number of H-pyrrole nitrogens is 1. The first-order valence-corrected chi connectivity index (χ1v) is 6.05. The summed E-state index contributed by atoms with van der Waals surface area (Å²) in [5, 5.41) is 16.9. The first kappa shape index (κ1) is 14.1. The number of halogens is 2. The van der Waals surface area contributed by atoms with Crippen molar-refractivity contribution in [3.63, 3.8) is 0 Å². The fourth-order valence-electron chi connectivity index (χ4n) is 1.48. The Hall–Kier alpha value is -2.29. The third-order valence-corrected chi connectivity index (χ3v) is 3.06. The second-order valence-corrected chi connectivity index (χ2v) is 4.64. The molecule has 7 nitrogen and oxygen atoms in total. The number of hydrogen-bond donors (Lipinski definition) is 1. The van der Waals surface area contributed by atoms with Crippen LogP contribution in [-0.2, 0) is 0 Å². The van der Waals surface area contributed by atoms with E-state index in [2.05, 4.69) is 26.1 Å². The molecule has 1 aromatic carbocycles. The molecule has 1 N–H and O–H groups in total. The minimum Gasteiger partial charge on any atom is -0.414 e. The van der Waals surface area contributed by atoms with Crippen LogP contribution in [0.4, 0.5) is 10.1 Å². The number of benzene rings is 1. The van der Waals surface area contributed by atoms with Crippen molar-refractivity contribution in [2.24, 2.45) is 0 Å². The molecular weight excluding hydrogens is 337 g/mol. The minimum absolute atomic E-state index is 0.0441. The standard InChI is InChI=1S/C11H7BrFN3O4/c1-5-4-14-15-9(5)11(17)20-7-3-2-6(12)8(13)10(7)16(18)19/h2-4H,1H3,(H,14,15). The number of nitrogens with zero attached hydrogens (tertiary/aromatic N) is 2.